The number of hydrogen-bond acceptors (Lipinski definition) is 7. The number of aromatic nitrogens is 2. The highest BCUT2D eigenvalue weighted by Crippen LogP contribution is 2.26. The van der Waals surface area contributed by atoms with Crippen molar-refractivity contribution in [2.75, 3.05) is 33.4 Å². The van der Waals surface area contributed by atoms with Crippen LogP contribution < -0.4 is 10.1 Å². The van der Waals surface area contributed by atoms with Crippen LogP contribution in [0.3, 0.4) is 0 Å². The summed E-state index contributed by atoms with van der Waals surface area (Å²) >= 11 is 0. The molecule has 3 rings (SSSR count). The zero-order valence-electron chi connectivity index (χ0n) is 16.0. The number of methoxy groups -OCH3 is 1. The molecule has 1 aliphatic rings. The summed E-state index contributed by atoms with van der Waals surface area (Å²) in [5, 5.41) is 6.53. The first-order chi connectivity index (χ1) is 13.5. The molecular weight excluding hydrogens is 364 g/mol. The molecule has 2 aromatic rings. The van der Waals surface area contributed by atoms with E-state index in [1.165, 1.54) is 7.11 Å². The molecule has 1 unspecified atom stereocenters. The number of benzene rings is 1. The van der Waals surface area contributed by atoms with Crippen molar-refractivity contribution in [1.82, 2.24) is 20.4 Å². The van der Waals surface area contributed by atoms with E-state index in [2.05, 4.69) is 20.2 Å². The van der Waals surface area contributed by atoms with Crippen LogP contribution in [0.25, 0.3) is 0 Å². The van der Waals surface area contributed by atoms with Gasteiger partial charge in [-0.3, -0.25) is 4.79 Å². The molecule has 0 aliphatic carbocycles. The number of amides is 2. The van der Waals surface area contributed by atoms with E-state index in [1.54, 1.807) is 4.90 Å². The molecule has 0 spiro atoms. The summed E-state index contributed by atoms with van der Waals surface area (Å²) in [5.41, 5.74) is 1.14. The molecule has 0 saturated carbocycles. The minimum absolute atomic E-state index is 0.0113. The number of aryl methyl sites for hydroxylation is 1. The van der Waals surface area contributed by atoms with Crippen LogP contribution in [0.15, 0.2) is 28.8 Å². The second-order valence-corrected chi connectivity index (χ2v) is 6.63. The molecule has 1 aromatic heterocycles. The van der Waals surface area contributed by atoms with E-state index in [0.29, 0.717) is 37.8 Å². The van der Waals surface area contributed by atoms with Crippen LogP contribution in [0.1, 0.15) is 29.6 Å². The number of esters is 1. The van der Waals surface area contributed by atoms with Crippen molar-refractivity contribution in [3.8, 4) is 5.75 Å². The highest BCUT2D eigenvalue weighted by molar-refractivity contribution is 5.81. The summed E-state index contributed by atoms with van der Waals surface area (Å²) < 4.78 is 15.6. The van der Waals surface area contributed by atoms with Gasteiger partial charge in [-0.15, -0.1) is 0 Å². The van der Waals surface area contributed by atoms with Gasteiger partial charge in [0.2, 0.25) is 5.89 Å². The van der Waals surface area contributed by atoms with Crippen molar-refractivity contribution in [3.05, 3.63) is 41.5 Å². The summed E-state index contributed by atoms with van der Waals surface area (Å²) in [6.07, 6.45) is 1.26. The maximum Gasteiger partial charge on any atom is 0.325 e. The molecule has 9 nitrogen and oxygen atoms in total. The molecule has 1 atom stereocenters. The third-order valence-corrected chi connectivity index (χ3v) is 4.50. The average Bonchev–Trinajstić information content (AvgIpc) is 3.35. The Labute approximate surface area is 163 Å². The Hall–Kier alpha value is -3.10. The SMILES string of the molecule is COC(=O)CNC(=O)N1CCC(c2nc(CCOc3cccc(C)c3)no2)C1. The van der Waals surface area contributed by atoms with Crippen LogP contribution in [0.2, 0.25) is 0 Å². The summed E-state index contributed by atoms with van der Waals surface area (Å²) in [4.78, 5) is 29.2. The first kappa shape index (κ1) is 19.7. The number of likely N-dealkylation sites (tertiary alicyclic amines) is 1. The van der Waals surface area contributed by atoms with Crippen molar-refractivity contribution in [3.63, 3.8) is 0 Å². The summed E-state index contributed by atoms with van der Waals surface area (Å²) in [6.45, 7) is 3.34. The van der Waals surface area contributed by atoms with Crippen LogP contribution >= 0.6 is 0 Å². The minimum Gasteiger partial charge on any atom is -0.493 e. The number of urea groups is 1. The van der Waals surface area contributed by atoms with E-state index < -0.39 is 5.97 Å². The van der Waals surface area contributed by atoms with Crippen molar-refractivity contribution in [1.29, 1.82) is 0 Å². The number of nitrogens with one attached hydrogen (secondary N) is 1. The van der Waals surface area contributed by atoms with Crippen LogP contribution in [0.4, 0.5) is 4.79 Å². The van der Waals surface area contributed by atoms with E-state index in [1.807, 2.05) is 31.2 Å². The van der Waals surface area contributed by atoms with E-state index in [-0.39, 0.29) is 18.5 Å². The third-order valence-electron chi connectivity index (χ3n) is 4.50. The first-order valence-electron chi connectivity index (χ1n) is 9.16. The quantitative estimate of drug-likeness (QED) is 0.719. The normalized spacial score (nSPS) is 16.1. The number of rotatable bonds is 7. The van der Waals surface area contributed by atoms with E-state index >= 15 is 0 Å². The van der Waals surface area contributed by atoms with Crippen molar-refractivity contribution < 1.29 is 23.6 Å². The number of nitrogens with zero attached hydrogens (tertiary/aromatic N) is 3. The molecule has 0 bridgehead atoms. The van der Waals surface area contributed by atoms with E-state index in [4.69, 9.17) is 9.26 Å². The maximum absolute atomic E-state index is 12.1. The lowest BCUT2D eigenvalue weighted by molar-refractivity contribution is -0.139. The third kappa shape index (κ3) is 5.21. The van der Waals surface area contributed by atoms with E-state index in [0.717, 1.165) is 17.7 Å². The first-order valence-corrected chi connectivity index (χ1v) is 9.16. The van der Waals surface area contributed by atoms with Crippen LogP contribution in [0, 0.1) is 6.92 Å². The monoisotopic (exact) mass is 388 g/mol. The number of carbonyl (C=O) groups excluding carboxylic acids is 2. The minimum atomic E-state index is -0.487. The molecule has 2 amide bonds. The highest BCUT2D eigenvalue weighted by atomic mass is 16.5. The van der Waals surface area contributed by atoms with Crippen LogP contribution in [0.5, 0.6) is 5.75 Å². The predicted octanol–water partition coefficient (Wildman–Crippen LogP) is 1.67. The summed E-state index contributed by atoms with van der Waals surface area (Å²) in [6, 6.07) is 7.54. The topological polar surface area (TPSA) is 107 Å². The van der Waals surface area contributed by atoms with Crippen LogP contribution in [-0.2, 0) is 16.0 Å². The van der Waals surface area contributed by atoms with Crippen molar-refractivity contribution >= 4 is 12.0 Å². The number of hydrogen-bond donors (Lipinski definition) is 1. The lowest BCUT2D eigenvalue weighted by Gasteiger charge is -2.16. The molecule has 2 heterocycles. The van der Waals surface area contributed by atoms with Gasteiger partial charge in [0, 0.05) is 19.5 Å². The highest BCUT2D eigenvalue weighted by Gasteiger charge is 2.31. The summed E-state index contributed by atoms with van der Waals surface area (Å²) in [7, 11) is 1.28. The van der Waals surface area contributed by atoms with Gasteiger partial charge < -0.3 is 24.2 Å². The zero-order valence-corrected chi connectivity index (χ0v) is 16.0. The predicted molar refractivity (Wildman–Crippen MR) is 99.0 cm³/mol. The fraction of sp³-hybridized carbons (Fsp3) is 0.474. The Kier molecular flexibility index (Phi) is 6.46. The van der Waals surface area contributed by atoms with Gasteiger partial charge in [-0.05, 0) is 31.0 Å². The Morgan fingerprint density at radius 2 is 2.25 bits per heavy atom. The standard InChI is InChI=1S/C19H24N4O5/c1-13-4-3-5-15(10-13)27-9-7-16-21-18(28-22-16)14-6-8-23(12-14)19(25)20-11-17(24)26-2/h3-5,10,14H,6-9,11-12H2,1-2H3,(H,20,25). The molecule has 1 saturated heterocycles. The van der Waals surface area contributed by atoms with Crippen molar-refractivity contribution in [2.24, 2.45) is 0 Å². The molecule has 1 N–H and O–H groups in total. The number of carbonyl (C=O) groups is 2. The van der Waals surface area contributed by atoms with Gasteiger partial charge in [0.05, 0.1) is 19.6 Å². The van der Waals surface area contributed by atoms with Gasteiger partial charge in [-0.1, -0.05) is 17.3 Å². The van der Waals surface area contributed by atoms with Gasteiger partial charge in [0.1, 0.15) is 12.3 Å². The lowest BCUT2D eigenvalue weighted by Crippen LogP contribution is -2.40. The molecule has 1 aromatic carbocycles. The zero-order chi connectivity index (χ0) is 19.9. The maximum atomic E-state index is 12.1. The lowest BCUT2D eigenvalue weighted by atomic mass is 10.1. The fourth-order valence-electron chi connectivity index (χ4n) is 2.98. The molecule has 9 heteroatoms. The largest absolute Gasteiger partial charge is 0.493 e. The number of ether oxygens (including phenoxy) is 2. The second kappa shape index (κ2) is 9.20. The van der Waals surface area contributed by atoms with Gasteiger partial charge in [-0.2, -0.15) is 4.98 Å². The molecule has 150 valence electrons. The second-order valence-electron chi connectivity index (χ2n) is 6.63. The summed E-state index contributed by atoms with van der Waals surface area (Å²) in [5.74, 6) is 1.42. The Balaban J connectivity index is 1.45. The van der Waals surface area contributed by atoms with Gasteiger partial charge in [-0.25, -0.2) is 4.79 Å². The average molecular weight is 388 g/mol. The Morgan fingerprint density at radius 1 is 1.39 bits per heavy atom. The Morgan fingerprint density at radius 3 is 3.04 bits per heavy atom. The van der Waals surface area contributed by atoms with Crippen molar-refractivity contribution in [2.45, 2.75) is 25.7 Å². The van der Waals surface area contributed by atoms with Gasteiger partial charge in [0.25, 0.3) is 0 Å². The molecule has 28 heavy (non-hydrogen) atoms. The molecular formula is C19H24N4O5. The van der Waals surface area contributed by atoms with Gasteiger partial charge >= 0.3 is 12.0 Å². The van der Waals surface area contributed by atoms with Gasteiger partial charge in [0.15, 0.2) is 5.82 Å². The fourth-order valence-corrected chi connectivity index (χ4v) is 2.98. The van der Waals surface area contributed by atoms with E-state index in [9.17, 15) is 9.59 Å². The molecule has 1 fully saturated rings. The Bertz CT molecular complexity index is 822. The smallest absolute Gasteiger partial charge is 0.325 e. The van der Waals surface area contributed by atoms with Crippen LogP contribution in [-0.4, -0.2) is 60.4 Å². The molecule has 0 radical (unpaired) electrons. The molecule has 1 aliphatic heterocycles.